The lowest BCUT2D eigenvalue weighted by molar-refractivity contribution is -0.141. The summed E-state index contributed by atoms with van der Waals surface area (Å²) in [7, 11) is 0. The second kappa shape index (κ2) is 7.36. The van der Waals surface area contributed by atoms with Crippen molar-refractivity contribution in [3.05, 3.63) is 0 Å². The van der Waals surface area contributed by atoms with Crippen LogP contribution in [0.15, 0.2) is 0 Å². The molecule has 0 aromatic carbocycles. The van der Waals surface area contributed by atoms with E-state index in [1.165, 1.54) is 0 Å². The first kappa shape index (κ1) is 15.0. The lowest BCUT2D eigenvalue weighted by atomic mass is 9.85. The van der Waals surface area contributed by atoms with Gasteiger partial charge in [-0.05, 0) is 32.1 Å². The number of nitrogens with two attached hydrogens (primary N) is 1. The van der Waals surface area contributed by atoms with Gasteiger partial charge in [0.05, 0.1) is 5.92 Å². The van der Waals surface area contributed by atoms with E-state index in [9.17, 15) is 9.59 Å². The molecule has 5 heteroatoms. The Kier molecular flexibility index (Phi) is 6.12. The molecule has 0 radical (unpaired) electrons. The molecule has 0 heterocycles. The van der Waals surface area contributed by atoms with Crippen LogP contribution in [0.1, 0.15) is 45.4 Å². The normalized spacial score (nSPS) is 25.4. The van der Waals surface area contributed by atoms with Gasteiger partial charge in [0.1, 0.15) is 0 Å². The van der Waals surface area contributed by atoms with E-state index in [1.54, 1.807) is 6.92 Å². The van der Waals surface area contributed by atoms with E-state index < -0.39 is 5.97 Å². The molecule has 18 heavy (non-hydrogen) atoms. The third-order valence-electron chi connectivity index (χ3n) is 3.62. The molecule has 4 N–H and O–H groups in total. The number of rotatable bonds is 6. The highest BCUT2D eigenvalue weighted by atomic mass is 16.4. The first-order valence-corrected chi connectivity index (χ1v) is 6.76. The lowest BCUT2D eigenvalue weighted by Crippen LogP contribution is -2.38. The maximum absolute atomic E-state index is 11.8. The minimum absolute atomic E-state index is 0.0469. The summed E-state index contributed by atoms with van der Waals surface area (Å²) in [6, 6.07) is 0.154. The van der Waals surface area contributed by atoms with Gasteiger partial charge in [0.2, 0.25) is 5.91 Å². The number of carbonyl (C=O) groups is 2. The smallest absolute Gasteiger partial charge is 0.306 e. The second-order valence-corrected chi connectivity index (χ2v) is 5.30. The van der Waals surface area contributed by atoms with E-state index in [-0.39, 0.29) is 23.8 Å². The first-order chi connectivity index (χ1) is 8.50. The third-order valence-corrected chi connectivity index (χ3v) is 3.62. The monoisotopic (exact) mass is 256 g/mol. The largest absolute Gasteiger partial charge is 0.481 e. The maximum Gasteiger partial charge on any atom is 0.306 e. The molecule has 0 aromatic rings. The average Bonchev–Trinajstić information content (AvgIpc) is 2.33. The van der Waals surface area contributed by atoms with Crippen LogP contribution in [0.2, 0.25) is 0 Å². The van der Waals surface area contributed by atoms with Crippen LogP contribution in [-0.4, -0.2) is 29.6 Å². The third kappa shape index (κ3) is 5.04. The fraction of sp³-hybridized carbons (Fsp3) is 0.846. The molecule has 0 aromatic heterocycles. The van der Waals surface area contributed by atoms with Crippen LogP contribution in [0.4, 0.5) is 0 Å². The summed E-state index contributed by atoms with van der Waals surface area (Å²) < 4.78 is 0. The van der Waals surface area contributed by atoms with Crippen LogP contribution < -0.4 is 11.1 Å². The van der Waals surface area contributed by atoms with Crippen molar-refractivity contribution >= 4 is 11.9 Å². The Bertz CT molecular complexity index is 294. The number of carboxylic acid groups (broad SMARTS) is 1. The first-order valence-electron chi connectivity index (χ1n) is 6.76. The topological polar surface area (TPSA) is 92.4 Å². The Labute approximate surface area is 108 Å². The van der Waals surface area contributed by atoms with Crippen LogP contribution in [-0.2, 0) is 9.59 Å². The van der Waals surface area contributed by atoms with E-state index in [1.807, 2.05) is 0 Å². The summed E-state index contributed by atoms with van der Waals surface area (Å²) in [6.07, 6.45) is 5.04. The van der Waals surface area contributed by atoms with Gasteiger partial charge >= 0.3 is 5.97 Å². The molecule has 3 atom stereocenters. The molecule has 0 spiro atoms. The number of aliphatic carboxylic acids is 1. The number of carbonyl (C=O) groups excluding carboxylic acids is 1. The zero-order valence-electron chi connectivity index (χ0n) is 11.0. The summed E-state index contributed by atoms with van der Waals surface area (Å²) in [5, 5.41) is 11.6. The van der Waals surface area contributed by atoms with Gasteiger partial charge in [-0.2, -0.15) is 0 Å². The van der Waals surface area contributed by atoms with Crippen LogP contribution in [0.5, 0.6) is 0 Å². The molecule has 1 fully saturated rings. The van der Waals surface area contributed by atoms with Crippen molar-refractivity contribution in [2.45, 2.75) is 51.5 Å². The molecule has 0 saturated heterocycles. The Balaban J connectivity index is 2.15. The fourth-order valence-electron chi connectivity index (χ4n) is 2.35. The van der Waals surface area contributed by atoms with Gasteiger partial charge in [-0.15, -0.1) is 0 Å². The highest BCUT2D eigenvalue weighted by molar-refractivity contribution is 5.78. The molecule has 0 bridgehead atoms. The standard InChI is InChI=1S/C13H24N2O3/c1-9(13(17)18)4-3-7-15-12(16)10-5-2-6-11(14)8-10/h9-11H,2-8,14H2,1H3,(H,15,16)(H,17,18). The Morgan fingerprint density at radius 2 is 2.17 bits per heavy atom. The van der Waals surface area contributed by atoms with E-state index in [0.717, 1.165) is 25.7 Å². The average molecular weight is 256 g/mol. The Hall–Kier alpha value is -1.10. The molecule has 1 rings (SSSR count). The van der Waals surface area contributed by atoms with E-state index in [2.05, 4.69) is 5.32 Å². The number of hydrogen-bond donors (Lipinski definition) is 3. The SMILES string of the molecule is CC(CCCNC(=O)C1CCCC(N)C1)C(=O)O. The summed E-state index contributed by atoms with van der Waals surface area (Å²) in [6.45, 7) is 2.24. The number of amides is 1. The van der Waals surface area contributed by atoms with Gasteiger partial charge in [-0.25, -0.2) is 0 Å². The molecule has 5 nitrogen and oxygen atoms in total. The zero-order chi connectivity index (χ0) is 13.5. The molecule has 0 aliphatic heterocycles. The van der Waals surface area contributed by atoms with E-state index in [4.69, 9.17) is 10.8 Å². The highest BCUT2D eigenvalue weighted by Gasteiger charge is 2.24. The van der Waals surface area contributed by atoms with Gasteiger partial charge in [0.25, 0.3) is 0 Å². The molecular formula is C13H24N2O3. The summed E-state index contributed by atoms with van der Waals surface area (Å²) in [4.78, 5) is 22.4. The van der Waals surface area contributed by atoms with Crippen LogP contribution >= 0.6 is 0 Å². The van der Waals surface area contributed by atoms with Crippen molar-refractivity contribution < 1.29 is 14.7 Å². The summed E-state index contributed by atoms with van der Waals surface area (Å²) >= 11 is 0. The van der Waals surface area contributed by atoms with Crippen molar-refractivity contribution in [1.82, 2.24) is 5.32 Å². The zero-order valence-corrected chi connectivity index (χ0v) is 11.0. The molecule has 1 aliphatic carbocycles. The molecule has 1 aliphatic rings. The summed E-state index contributed by atoms with van der Waals surface area (Å²) in [5.74, 6) is -0.997. The molecule has 3 unspecified atom stereocenters. The van der Waals surface area contributed by atoms with E-state index >= 15 is 0 Å². The number of nitrogens with one attached hydrogen (secondary N) is 1. The molecular weight excluding hydrogens is 232 g/mol. The predicted molar refractivity (Wildman–Crippen MR) is 69.0 cm³/mol. The van der Waals surface area contributed by atoms with Crippen molar-refractivity contribution in [2.24, 2.45) is 17.6 Å². The number of carboxylic acids is 1. The van der Waals surface area contributed by atoms with Crippen LogP contribution in [0.25, 0.3) is 0 Å². The predicted octanol–water partition coefficient (Wildman–Crippen LogP) is 1.12. The molecule has 104 valence electrons. The van der Waals surface area contributed by atoms with Crippen LogP contribution in [0.3, 0.4) is 0 Å². The van der Waals surface area contributed by atoms with Crippen molar-refractivity contribution in [2.75, 3.05) is 6.54 Å². The number of hydrogen-bond acceptors (Lipinski definition) is 3. The molecule has 1 saturated carbocycles. The fourth-order valence-corrected chi connectivity index (χ4v) is 2.35. The second-order valence-electron chi connectivity index (χ2n) is 5.30. The van der Waals surface area contributed by atoms with Crippen molar-refractivity contribution in [3.63, 3.8) is 0 Å². The van der Waals surface area contributed by atoms with Crippen molar-refractivity contribution in [3.8, 4) is 0 Å². The highest BCUT2D eigenvalue weighted by Crippen LogP contribution is 2.23. The van der Waals surface area contributed by atoms with Crippen LogP contribution in [0, 0.1) is 11.8 Å². The summed E-state index contributed by atoms with van der Waals surface area (Å²) in [5.41, 5.74) is 5.85. The Morgan fingerprint density at radius 1 is 1.44 bits per heavy atom. The minimum atomic E-state index is -0.778. The quantitative estimate of drug-likeness (QED) is 0.621. The molecule has 1 amide bonds. The van der Waals surface area contributed by atoms with Gasteiger partial charge in [0.15, 0.2) is 0 Å². The van der Waals surface area contributed by atoms with Gasteiger partial charge in [-0.1, -0.05) is 13.3 Å². The Morgan fingerprint density at radius 3 is 2.78 bits per heavy atom. The lowest BCUT2D eigenvalue weighted by Gasteiger charge is -2.25. The van der Waals surface area contributed by atoms with Gasteiger partial charge in [0, 0.05) is 18.5 Å². The van der Waals surface area contributed by atoms with Crippen molar-refractivity contribution in [1.29, 1.82) is 0 Å². The van der Waals surface area contributed by atoms with Gasteiger partial charge < -0.3 is 16.2 Å². The van der Waals surface area contributed by atoms with E-state index in [0.29, 0.717) is 19.4 Å². The maximum atomic E-state index is 11.8. The minimum Gasteiger partial charge on any atom is -0.481 e. The van der Waals surface area contributed by atoms with Gasteiger partial charge in [-0.3, -0.25) is 9.59 Å².